The lowest BCUT2D eigenvalue weighted by atomic mass is 9.90. The summed E-state index contributed by atoms with van der Waals surface area (Å²) >= 11 is 6.39. The van der Waals surface area contributed by atoms with Crippen LogP contribution in [0.5, 0.6) is 0 Å². The number of H-pyrrole nitrogens is 1. The Kier molecular flexibility index (Phi) is 6.12. The first-order valence-electron chi connectivity index (χ1n) is 11.5. The Bertz CT molecular complexity index is 1020. The summed E-state index contributed by atoms with van der Waals surface area (Å²) < 4.78 is 0. The zero-order valence-electron chi connectivity index (χ0n) is 18.1. The van der Waals surface area contributed by atoms with Crippen molar-refractivity contribution in [2.24, 2.45) is 0 Å². The number of rotatable bonds is 5. The molecule has 2 fully saturated rings. The summed E-state index contributed by atoms with van der Waals surface area (Å²) in [6.07, 6.45) is 11.1. The maximum atomic E-state index is 6.39. The number of halogens is 1. The van der Waals surface area contributed by atoms with Crippen molar-refractivity contribution < 1.29 is 0 Å². The van der Waals surface area contributed by atoms with Crippen molar-refractivity contribution in [1.29, 1.82) is 0 Å². The first-order chi connectivity index (χ1) is 15.1. The third-order valence-corrected chi connectivity index (χ3v) is 7.02. The Hall–Kier alpha value is -2.15. The molecule has 3 aromatic heterocycles. The summed E-state index contributed by atoms with van der Waals surface area (Å²) in [4.78, 5) is 14.6. The molecule has 0 amide bonds. The highest BCUT2D eigenvalue weighted by Gasteiger charge is 2.25. The molecule has 3 aromatic rings. The second kappa shape index (κ2) is 9.15. The van der Waals surface area contributed by atoms with Crippen LogP contribution in [0.4, 0.5) is 5.82 Å². The lowest BCUT2D eigenvalue weighted by Crippen LogP contribution is -2.47. The highest BCUT2D eigenvalue weighted by Crippen LogP contribution is 2.31. The highest BCUT2D eigenvalue weighted by molar-refractivity contribution is 6.29. The fourth-order valence-corrected chi connectivity index (χ4v) is 5.25. The number of likely N-dealkylation sites (tertiary alicyclic amines) is 1. The van der Waals surface area contributed by atoms with Crippen molar-refractivity contribution in [3.05, 3.63) is 41.8 Å². The average molecular weight is 439 g/mol. The van der Waals surface area contributed by atoms with Crippen molar-refractivity contribution in [2.45, 2.75) is 56.7 Å². The van der Waals surface area contributed by atoms with E-state index >= 15 is 0 Å². The third-order valence-electron chi connectivity index (χ3n) is 6.83. The van der Waals surface area contributed by atoms with Crippen LogP contribution in [0.3, 0.4) is 0 Å². The van der Waals surface area contributed by atoms with E-state index in [9.17, 15) is 0 Å². The molecular weight excluding hydrogens is 408 g/mol. The average Bonchev–Trinajstić information content (AvgIpc) is 3.21. The summed E-state index contributed by atoms with van der Waals surface area (Å²) in [6, 6.07) is 9.84. The number of fused-ring (bicyclic) bond motifs is 1. The molecule has 0 radical (unpaired) electrons. The summed E-state index contributed by atoms with van der Waals surface area (Å²) in [7, 11) is 2.22. The maximum absolute atomic E-state index is 6.39. The molecule has 31 heavy (non-hydrogen) atoms. The molecule has 5 rings (SSSR count). The monoisotopic (exact) mass is 438 g/mol. The van der Waals surface area contributed by atoms with Crippen LogP contribution in [0, 0.1) is 0 Å². The van der Waals surface area contributed by atoms with Gasteiger partial charge in [-0.15, -0.1) is 0 Å². The highest BCUT2D eigenvalue weighted by atomic mass is 35.5. The summed E-state index contributed by atoms with van der Waals surface area (Å²) in [6.45, 7) is 2.42. The fraction of sp³-hybridized carbons (Fsp3) is 0.500. The molecule has 164 valence electrons. The molecule has 3 N–H and O–H groups in total. The van der Waals surface area contributed by atoms with Gasteiger partial charge in [-0.05, 0) is 88.5 Å². The second-order valence-corrected chi connectivity index (χ2v) is 9.49. The van der Waals surface area contributed by atoms with Crippen LogP contribution in [0.25, 0.3) is 22.2 Å². The van der Waals surface area contributed by atoms with E-state index in [1.165, 1.54) is 38.8 Å². The summed E-state index contributed by atoms with van der Waals surface area (Å²) in [5.41, 5.74) is 3.04. The van der Waals surface area contributed by atoms with E-state index in [0.29, 0.717) is 23.3 Å². The number of aromatic nitrogens is 3. The third kappa shape index (κ3) is 4.86. The lowest BCUT2D eigenvalue weighted by Gasteiger charge is -2.36. The van der Waals surface area contributed by atoms with Crippen LogP contribution < -0.4 is 10.6 Å². The molecule has 7 heteroatoms. The van der Waals surface area contributed by atoms with Gasteiger partial charge >= 0.3 is 0 Å². The van der Waals surface area contributed by atoms with E-state index < -0.39 is 0 Å². The Morgan fingerprint density at radius 1 is 1.03 bits per heavy atom. The molecular formula is C24H31ClN6. The van der Waals surface area contributed by atoms with Crippen LogP contribution in [-0.4, -0.2) is 58.1 Å². The first kappa shape index (κ1) is 20.7. The Morgan fingerprint density at radius 2 is 1.77 bits per heavy atom. The number of aromatic amines is 1. The van der Waals surface area contributed by atoms with Crippen molar-refractivity contribution >= 4 is 28.5 Å². The molecule has 1 saturated heterocycles. The van der Waals surface area contributed by atoms with Gasteiger partial charge in [-0.1, -0.05) is 11.6 Å². The molecule has 1 aliphatic heterocycles. The minimum absolute atomic E-state index is 0.444. The number of nitrogens with zero attached hydrogens (tertiary/aromatic N) is 3. The molecule has 4 heterocycles. The number of nitrogens with one attached hydrogen (secondary N) is 3. The smallest absolute Gasteiger partial charge is 0.137 e. The van der Waals surface area contributed by atoms with Crippen LogP contribution in [0.15, 0.2) is 36.7 Å². The van der Waals surface area contributed by atoms with Gasteiger partial charge in [0.05, 0.1) is 0 Å². The Labute approximate surface area is 188 Å². The molecule has 6 nitrogen and oxygen atoms in total. The molecule has 0 spiro atoms. The molecule has 0 atom stereocenters. The van der Waals surface area contributed by atoms with Gasteiger partial charge in [0.25, 0.3) is 0 Å². The summed E-state index contributed by atoms with van der Waals surface area (Å²) in [5, 5.41) is 9.17. The van der Waals surface area contributed by atoms with Crippen LogP contribution in [0.2, 0.25) is 5.15 Å². The largest absolute Gasteiger partial charge is 0.367 e. The normalized spacial score (nSPS) is 23.3. The fourth-order valence-electron chi connectivity index (χ4n) is 5.04. The number of hydrogen-bond donors (Lipinski definition) is 3. The molecule has 2 aliphatic rings. The van der Waals surface area contributed by atoms with Gasteiger partial charge in [-0.25, -0.2) is 9.97 Å². The predicted octanol–water partition coefficient (Wildman–Crippen LogP) is 4.69. The number of pyridine rings is 2. The molecule has 0 aromatic carbocycles. The molecule has 1 aliphatic carbocycles. The van der Waals surface area contributed by atoms with Gasteiger partial charge in [-0.2, -0.15) is 0 Å². The van der Waals surface area contributed by atoms with E-state index in [-0.39, 0.29) is 0 Å². The number of hydrogen-bond acceptors (Lipinski definition) is 5. The summed E-state index contributed by atoms with van der Waals surface area (Å²) in [5.74, 6) is 0.854. The second-order valence-electron chi connectivity index (χ2n) is 9.10. The van der Waals surface area contributed by atoms with Gasteiger partial charge in [-0.3, -0.25) is 0 Å². The number of anilines is 1. The van der Waals surface area contributed by atoms with Gasteiger partial charge < -0.3 is 20.5 Å². The van der Waals surface area contributed by atoms with E-state index in [4.69, 9.17) is 11.6 Å². The molecule has 1 saturated carbocycles. The van der Waals surface area contributed by atoms with Gasteiger partial charge in [0, 0.05) is 41.5 Å². The van der Waals surface area contributed by atoms with Crippen molar-refractivity contribution in [3.8, 4) is 11.1 Å². The van der Waals surface area contributed by atoms with Crippen LogP contribution in [0.1, 0.15) is 38.5 Å². The van der Waals surface area contributed by atoms with Gasteiger partial charge in [0.2, 0.25) is 0 Å². The minimum atomic E-state index is 0.444. The lowest BCUT2D eigenvalue weighted by molar-refractivity contribution is 0.211. The van der Waals surface area contributed by atoms with Crippen molar-refractivity contribution in [1.82, 2.24) is 25.2 Å². The van der Waals surface area contributed by atoms with Gasteiger partial charge in [0.15, 0.2) is 0 Å². The van der Waals surface area contributed by atoms with E-state index in [2.05, 4.69) is 49.7 Å². The predicted molar refractivity (Wildman–Crippen MR) is 128 cm³/mol. The Morgan fingerprint density at radius 3 is 2.58 bits per heavy atom. The van der Waals surface area contributed by atoms with Crippen molar-refractivity contribution in [2.75, 3.05) is 25.5 Å². The zero-order chi connectivity index (χ0) is 21.2. The molecule has 0 unspecified atom stereocenters. The standard InChI is InChI=1S/C24H31ClN6/c1-31-11-8-19(9-12-31)28-17-4-6-18(7-5-17)29-23-14-16(13-22(25)30-23)21-15-27-24-20(21)3-2-10-26-24/h2-3,10,13-15,17-19,28H,4-9,11-12H2,1H3,(H,26,27)(H,29,30). The van der Waals surface area contributed by atoms with Crippen LogP contribution in [-0.2, 0) is 0 Å². The maximum Gasteiger partial charge on any atom is 0.137 e. The number of piperidine rings is 1. The quantitative estimate of drug-likeness (QED) is 0.504. The Balaban J connectivity index is 1.21. The van der Waals surface area contributed by atoms with Gasteiger partial charge in [0.1, 0.15) is 16.6 Å². The van der Waals surface area contributed by atoms with Crippen molar-refractivity contribution in [3.63, 3.8) is 0 Å². The van der Waals surface area contributed by atoms with E-state index in [1.54, 1.807) is 6.20 Å². The minimum Gasteiger partial charge on any atom is -0.367 e. The van der Waals surface area contributed by atoms with E-state index in [0.717, 1.165) is 40.8 Å². The zero-order valence-corrected chi connectivity index (χ0v) is 18.8. The SMILES string of the molecule is CN1CCC(NC2CCC(Nc3cc(-c4c[nH]c5ncccc45)cc(Cl)n3)CC2)CC1. The van der Waals surface area contributed by atoms with E-state index in [1.807, 2.05) is 18.3 Å². The topological polar surface area (TPSA) is 68.9 Å². The van der Waals surface area contributed by atoms with Crippen LogP contribution >= 0.6 is 11.6 Å². The molecule has 0 bridgehead atoms. The first-order valence-corrected chi connectivity index (χ1v) is 11.8.